The predicted molar refractivity (Wildman–Crippen MR) is 135 cm³/mol. The van der Waals surface area contributed by atoms with Crippen LogP contribution in [0.5, 0.6) is 0 Å². The molecule has 1 saturated heterocycles. The van der Waals surface area contributed by atoms with Crippen LogP contribution in [0, 0.1) is 5.82 Å². The molecule has 0 radical (unpaired) electrons. The molecule has 2 amide bonds. The molecule has 0 aromatic heterocycles. The fourth-order valence-corrected chi connectivity index (χ4v) is 4.54. The number of hydrogen-bond acceptors (Lipinski definition) is 4. The summed E-state index contributed by atoms with van der Waals surface area (Å²) in [6.07, 6.45) is 3.33. The van der Waals surface area contributed by atoms with Gasteiger partial charge in [0, 0.05) is 23.9 Å². The number of anilines is 2. The van der Waals surface area contributed by atoms with Crippen LogP contribution >= 0.6 is 35.4 Å². The van der Waals surface area contributed by atoms with Gasteiger partial charge in [0.05, 0.1) is 21.3 Å². The quantitative estimate of drug-likeness (QED) is 0.329. The summed E-state index contributed by atoms with van der Waals surface area (Å²) in [6.45, 7) is 6.03. The van der Waals surface area contributed by atoms with Crippen LogP contribution in [0.1, 0.15) is 31.9 Å². The molecule has 0 saturated carbocycles. The lowest BCUT2D eigenvalue weighted by atomic mass is 9.88. The summed E-state index contributed by atoms with van der Waals surface area (Å²) in [5.74, 6) is -1.94. The van der Waals surface area contributed by atoms with Crippen molar-refractivity contribution in [1.82, 2.24) is 5.32 Å². The molecule has 2 aliphatic heterocycles. The second-order valence-electron chi connectivity index (χ2n) is 8.49. The maximum atomic E-state index is 15.1. The number of allylic oxidation sites excluding steroid dienone is 1. The fourth-order valence-electron chi connectivity index (χ4n) is 3.97. The molecular formula is C24H20Cl2FN3O2S. The molecule has 0 atom stereocenters. The highest BCUT2D eigenvalue weighted by atomic mass is 35.5. The lowest BCUT2D eigenvalue weighted by molar-refractivity contribution is -0.122. The number of carbonyl (C=O) groups excluding carboxylic acids is 2. The van der Waals surface area contributed by atoms with E-state index in [4.69, 9.17) is 35.4 Å². The zero-order chi connectivity index (χ0) is 24.2. The summed E-state index contributed by atoms with van der Waals surface area (Å²) in [4.78, 5) is 29.0. The predicted octanol–water partition coefficient (Wildman–Crippen LogP) is 5.60. The van der Waals surface area contributed by atoms with Gasteiger partial charge in [0.25, 0.3) is 11.8 Å². The molecule has 0 bridgehead atoms. The first-order chi connectivity index (χ1) is 15.4. The van der Waals surface area contributed by atoms with Gasteiger partial charge in [0.2, 0.25) is 0 Å². The molecule has 0 unspecified atom stereocenters. The van der Waals surface area contributed by atoms with Gasteiger partial charge in [-0.2, -0.15) is 0 Å². The first kappa shape index (κ1) is 23.4. The van der Waals surface area contributed by atoms with Crippen molar-refractivity contribution in [2.24, 2.45) is 0 Å². The van der Waals surface area contributed by atoms with Crippen molar-refractivity contribution in [3.05, 3.63) is 69.0 Å². The van der Waals surface area contributed by atoms with Gasteiger partial charge in [0.15, 0.2) is 5.11 Å². The average Bonchev–Trinajstić information content (AvgIpc) is 2.72. The van der Waals surface area contributed by atoms with E-state index in [2.05, 4.69) is 11.4 Å². The van der Waals surface area contributed by atoms with Crippen molar-refractivity contribution in [3.8, 4) is 0 Å². The van der Waals surface area contributed by atoms with Crippen LogP contribution in [0.2, 0.25) is 10.0 Å². The van der Waals surface area contributed by atoms with Gasteiger partial charge >= 0.3 is 0 Å². The Balaban J connectivity index is 1.79. The fraction of sp³-hybridized carbons (Fsp3) is 0.208. The Hall–Kier alpha value is -2.74. The van der Waals surface area contributed by atoms with Crippen molar-refractivity contribution in [1.29, 1.82) is 0 Å². The van der Waals surface area contributed by atoms with Crippen LogP contribution < -0.4 is 15.1 Å². The maximum absolute atomic E-state index is 15.1. The number of nitrogens with one attached hydrogen (secondary N) is 1. The van der Waals surface area contributed by atoms with Gasteiger partial charge in [-0.25, -0.2) is 4.39 Å². The normalized spacial score (nSPS) is 18.9. The van der Waals surface area contributed by atoms with Gasteiger partial charge in [0.1, 0.15) is 11.4 Å². The van der Waals surface area contributed by atoms with E-state index < -0.39 is 17.6 Å². The number of carbonyl (C=O) groups is 2. The Kier molecular flexibility index (Phi) is 5.85. The molecule has 4 rings (SSSR count). The lowest BCUT2D eigenvalue weighted by Gasteiger charge is -2.40. The number of likely N-dealkylation sites (N-methyl/N-ethyl adjacent to an activating group) is 1. The Morgan fingerprint density at radius 3 is 2.48 bits per heavy atom. The molecule has 2 aromatic carbocycles. The van der Waals surface area contributed by atoms with E-state index in [1.165, 1.54) is 24.3 Å². The third kappa shape index (κ3) is 4.05. The topological polar surface area (TPSA) is 52.7 Å². The van der Waals surface area contributed by atoms with Crippen LogP contribution in [0.3, 0.4) is 0 Å². The zero-order valence-electron chi connectivity index (χ0n) is 18.3. The molecule has 0 aliphatic carbocycles. The van der Waals surface area contributed by atoms with E-state index in [9.17, 15) is 9.59 Å². The minimum Gasteiger partial charge on any atom is -0.365 e. The third-order valence-corrected chi connectivity index (χ3v) is 6.92. The highest BCUT2D eigenvalue weighted by Crippen LogP contribution is 2.39. The number of benzene rings is 2. The monoisotopic (exact) mass is 503 g/mol. The van der Waals surface area contributed by atoms with Crippen LogP contribution in [0.4, 0.5) is 15.8 Å². The van der Waals surface area contributed by atoms with Crippen LogP contribution in [0.15, 0.2) is 42.0 Å². The summed E-state index contributed by atoms with van der Waals surface area (Å²) in [7, 11) is 1.90. The van der Waals surface area contributed by atoms with Crippen molar-refractivity contribution < 1.29 is 14.0 Å². The second kappa shape index (κ2) is 8.24. The summed E-state index contributed by atoms with van der Waals surface area (Å²) in [5.41, 5.74) is 2.46. The molecular weight excluding hydrogens is 484 g/mol. The minimum absolute atomic E-state index is 0.103. The number of thiocarbonyl (C=S) groups is 1. The third-order valence-electron chi connectivity index (χ3n) is 5.90. The smallest absolute Gasteiger partial charge is 0.270 e. The van der Waals surface area contributed by atoms with Crippen molar-refractivity contribution in [2.45, 2.75) is 26.3 Å². The molecule has 33 heavy (non-hydrogen) atoms. The second-order valence-corrected chi connectivity index (χ2v) is 9.69. The van der Waals surface area contributed by atoms with E-state index in [1.807, 2.05) is 32.7 Å². The first-order valence-corrected chi connectivity index (χ1v) is 11.2. The van der Waals surface area contributed by atoms with E-state index in [-0.39, 0.29) is 26.8 Å². The van der Waals surface area contributed by atoms with Crippen molar-refractivity contribution in [3.63, 3.8) is 0 Å². The number of amides is 2. The first-order valence-electron chi connectivity index (χ1n) is 10.0. The van der Waals surface area contributed by atoms with Gasteiger partial charge in [-0.05, 0) is 75.0 Å². The van der Waals surface area contributed by atoms with E-state index in [0.717, 1.165) is 21.7 Å². The standard InChI is InChI=1S/C24H20Cl2FN3O2S/c1-12-11-24(2,3)29(4)20-10-19(27)13(7-15(12)20)8-16-21(31)28-23(33)30(22(16)32)14-5-6-17(25)18(26)9-14/h5-11H,1-4H3,(H,28,31,33)/b16-8-. The molecule has 1 fully saturated rings. The highest BCUT2D eigenvalue weighted by molar-refractivity contribution is 7.80. The van der Waals surface area contributed by atoms with Crippen LogP contribution in [-0.2, 0) is 9.59 Å². The molecule has 170 valence electrons. The zero-order valence-corrected chi connectivity index (χ0v) is 20.6. The van der Waals surface area contributed by atoms with Crippen LogP contribution in [0.25, 0.3) is 11.6 Å². The number of nitrogens with zero attached hydrogens (tertiary/aromatic N) is 2. The number of rotatable bonds is 2. The van der Waals surface area contributed by atoms with E-state index in [0.29, 0.717) is 10.7 Å². The van der Waals surface area contributed by atoms with Gasteiger partial charge in [-0.1, -0.05) is 29.3 Å². The maximum Gasteiger partial charge on any atom is 0.270 e. The molecule has 5 nitrogen and oxygen atoms in total. The van der Waals surface area contributed by atoms with Gasteiger partial charge in [-0.15, -0.1) is 0 Å². The molecule has 0 spiro atoms. The SMILES string of the molecule is CC1=CC(C)(C)N(C)c2cc(F)c(/C=C3/C(=O)NC(=S)N(c4ccc(Cl)c(Cl)c4)C3=O)cc21. The number of hydrogen-bond donors (Lipinski definition) is 1. The van der Waals surface area contributed by atoms with E-state index >= 15 is 4.39 Å². The number of halogens is 3. The summed E-state index contributed by atoms with van der Waals surface area (Å²) in [6, 6.07) is 7.61. The van der Waals surface area contributed by atoms with Gasteiger partial charge in [-0.3, -0.25) is 19.8 Å². The molecule has 2 heterocycles. The summed E-state index contributed by atoms with van der Waals surface area (Å²) >= 11 is 17.2. The van der Waals surface area contributed by atoms with Crippen molar-refractivity contribution in [2.75, 3.05) is 16.8 Å². The molecule has 9 heteroatoms. The highest BCUT2D eigenvalue weighted by Gasteiger charge is 2.35. The summed E-state index contributed by atoms with van der Waals surface area (Å²) in [5, 5.41) is 2.91. The molecule has 2 aliphatic rings. The van der Waals surface area contributed by atoms with Crippen molar-refractivity contribution >= 4 is 75.4 Å². The average molecular weight is 504 g/mol. The van der Waals surface area contributed by atoms with Gasteiger partial charge < -0.3 is 4.90 Å². The Labute approximate surface area is 206 Å². The molecule has 2 aromatic rings. The number of fused-ring (bicyclic) bond motifs is 1. The van der Waals surface area contributed by atoms with Crippen LogP contribution in [-0.4, -0.2) is 29.5 Å². The summed E-state index contributed by atoms with van der Waals surface area (Å²) < 4.78 is 15.1. The minimum atomic E-state index is -0.705. The molecule has 1 N–H and O–H groups in total. The Morgan fingerprint density at radius 1 is 1.12 bits per heavy atom. The Bertz CT molecular complexity index is 1300. The Morgan fingerprint density at radius 2 is 1.82 bits per heavy atom. The van der Waals surface area contributed by atoms with E-state index in [1.54, 1.807) is 12.1 Å². The largest absolute Gasteiger partial charge is 0.365 e. The lowest BCUT2D eigenvalue weighted by Crippen LogP contribution is -2.54.